The first-order chi connectivity index (χ1) is 40.0. The van der Waals surface area contributed by atoms with Crippen LogP contribution < -0.4 is 32.1 Å². The lowest BCUT2D eigenvalue weighted by Gasteiger charge is -2.35. The van der Waals surface area contributed by atoms with Crippen molar-refractivity contribution < 1.29 is 50.0 Å². The maximum atomic E-state index is 8.42. The minimum atomic E-state index is -2.92. The van der Waals surface area contributed by atoms with Gasteiger partial charge in [-0.2, -0.15) is 0 Å². The Balaban J connectivity index is -0.000000238. The molecule has 0 aliphatic carbocycles. The quantitative estimate of drug-likeness (QED) is 0.0346. The van der Waals surface area contributed by atoms with Gasteiger partial charge in [0.05, 0.1) is 111 Å². The highest BCUT2D eigenvalue weighted by Crippen LogP contribution is 2.18. The van der Waals surface area contributed by atoms with Crippen molar-refractivity contribution in [2.75, 3.05) is 111 Å². The molecular formula is C76H168BBrN4O3. The van der Waals surface area contributed by atoms with Crippen molar-refractivity contribution in [3.05, 3.63) is 0 Å². The van der Waals surface area contributed by atoms with Crippen LogP contribution in [0.4, 0.5) is 0 Å². The third-order valence-electron chi connectivity index (χ3n) is 16.7. The summed E-state index contributed by atoms with van der Waals surface area (Å²) < 4.78 is 4.49. The fourth-order valence-electron chi connectivity index (χ4n) is 11.1. The van der Waals surface area contributed by atoms with Gasteiger partial charge in [0.1, 0.15) is 0 Å². The molecule has 0 saturated carbocycles. The molecule has 0 unspecified atom stereocenters. The number of rotatable bonds is 60. The van der Waals surface area contributed by atoms with Crippen molar-refractivity contribution in [1.29, 1.82) is 0 Å². The van der Waals surface area contributed by atoms with E-state index < -0.39 is 7.32 Å². The molecule has 0 aromatic rings. The lowest BCUT2D eigenvalue weighted by Crippen LogP contribution is -3.00. The lowest BCUT2D eigenvalue weighted by atomic mass is 10.0. The van der Waals surface area contributed by atoms with Crippen molar-refractivity contribution >= 4 is 7.32 Å². The van der Waals surface area contributed by atoms with E-state index in [9.17, 15) is 0 Å². The SMILES string of the molecule is CCCCCCCCCCCCCCCC[N+](C)(C)C.CCCCCCCCCCCCCCCC[N+](C)(C)C.CCCCCCCCCCCCCCCC[N+](C)(C)C.CCCCCCCCCCCCCCCC[N+](C)(C)C.[Br-].[O-]B([O-])[O-]. The van der Waals surface area contributed by atoms with Gasteiger partial charge in [0.2, 0.25) is 0 Å². The minimum absolute atomic E-state index is 0. The second kappa shape index (κ2) is 76.7. The van der Waals surface area contributed by atoms with Gasteiger partial charge in [0, 0.05) is 0 Å². The van der Waals surface area contributed by atoms with Gasteiger partial charge in [0.15, 0.2) is 0 Å². The van der Waals surface area contributed by atoms with E-state index in [1.165, 1.54) is 386 Å². The summed E-state index contributed by atoms with van der Waals surface area (Å²) in [5.74, 6) is 0. The van der Waals surface area contributed by atoms with Crippen LogP contribution in [0.1, 0.15) is 387 Å². The Morgan fingerprint density at radius 3 is 0.306 bits per heavy atom. The monoisotopic (exact) mass is 1280 g/mol. The third-order valence-corrected chi connectivity index (χ3v) is 16.7. The predicted molar refractivity (Wildman–Crippen MR) is 379 cm³/mol. The number of hydrogen-bond donors (Lipinski definition) is 0. The first kappa shape index (κ1) is 96.4. The van der Waals surface area contributed by atoms with E-state index in [0.29, 0.717) is 0 Å². The van der Waals surface area contributed by atoms with E-state index in [-0.39, 0.29) is 17.0 Å². The van der Waals surface area contributed by atoms with E-state index in [2.05, 4.69) is 112 Å². The first-order valence-electron chi connectivity index (χ1n) is 38.2. The molecule has 0 aromatic carbocycles. The molecule has 9 heteroatoms. The average Bonchev–Trinajstić information content (AvgIpc) is 3.41. The van der Waals surface area contributed by atoms with Crippen molar-refractivity contribution in [3.63, 3.8) is 0 Å². The van der Waals surface area contributed by atoms with Gasteiger partial charge in [-0.25, -0.2) is 0 Å². The zero-order valence-electron chi connectivity index (χ0n) is 62.4. The van der Waals surface area contributed by atoms with Gasteiger partial charge in [-0.05, 0) is 51.4 Å². The van der Waals surface area contributed by atoms with Crippen LogP contribution in [0, 0.1) is 0 Å². The fraction of sp³-hybridized carbons (Fsp3) is 1.00. The van der Waals surface area contributed by atoms with Crippen molar-refractivity contribution in [3.8, 4) is 0 Å². The summed E-state index contributed by atoms with van der Waals surface area (Å²) in [5, 5.41) is 25.2. The summed E-state index contributed by atoms with van der Waals surface area (Å²) in [7, 11) is 24.6. The van der Waals surface area contributed by atoms with Crippen molar-refractivity contribution in [1.82, 2.24) is 0 Å². The Labute approximate surface area is 552 Å². The largest absolute Gasteiger partial charge is 1.00 e. The fourth-order valence-corrected chi connectivity index (χ4v) is 11.1. The summed E-state index contributed by atoms with van der Waals surface area (Å²) in [6.45, 7) is 14.5. The molecule has 0 radical (unpaired) electrons. The molecule has 0 saturated heterocycles. The number of unbranched alkanes of at least 4 members (excludes halogenated alkanes) is 52. The molecule has 0 fully saturated rings. The van der Waals surface area contributed by atoms with E-state index in [1.54, 1.807) is 0 Å². The van der Waals surface area contributed by atoms with Gasteiger partial charge in [-0.15, -0.1) is 0 Å². The summed E-state index contributed by atoms with van der Waals surface area (Å²) in [6.07, 6.45) is 81.5. The lowest BCUT2D eigenvalue weighted by molar-refractivity contribution is -0.870. The molecule has 0 amide bonds. The number of hydrogen-bond acceptors (Lipinski definition) is 3. The number of nitrogens with zero attached hydrogens (tertiary/aromatic N) is 4. The van der Waals surface area contributed by atoms with Gasteiger partial charge in [-0.3, -0.25) is 7.32 Å². The zero-order valence-corrected chi connectivity index (χ0v) is 64.0. The summed E-state index contributed by atoms with van der Waals surface area (Å²) in [5.41, 5.74) is 0. The Hall–Kier alpha value is 0.265. The van der Waals surface area contributed by atoms with Crippen LogP contribution in [-0.2, 0) is 0 Å². The smallest absolute Gasteiger partial charge is 0.0780 e. The first-order valence-corrected chi connectivity index (χ1v) is 38.2. The van der Waals surface area contributed by atoms with Crippen molar-refractivity contribution in [2.24, 2.45) is 0 Å². The normalized spacial score (nSPS) is 11.6. The third kappa shape index (κ3) is 122. The van der Waals surface area contributed by atoms with Gasteiger partial charge in [-0.1, -0.05) is 336 Å². The van der Waals surface area contributed by atoms with Crippen LogP contribution in [0.15, 0.2) is 0 Å². The molecule has 520 valence electrons. The average molecular weight is 1280 g/mol. The summed E-state index contributed by atoms with van der Waals surface area (Å²) in [4.78, 5) is 0. The van der Waals surface area contributed by atoms with E-state index >= 15 is 0 Å². The van der Waals surface area contributed by atoms with Crippen molar-refractivity contribution in [2.45, 2.75) is 387 Å². The van der Waals surface area contributed by atoms with Crippen LogP contribution in [-0.4, -0.2) is 136 Å². The molecule has 0 aliphatic rings. The molecular weight excluding hydrogens is 1110 g/mol. The van der Waals surface area contributed by atoms with E-state index in [4.69, 9.17) is 15.1 Å². The van der Waals surface area contributed by atoms with E-state index in [1.807, 2.05) is 0 Å². The molecule has 0 heterocycles. The highest BCUT2D eigenvalue weighted by Gasteiger charge is 2.08. The molecule has 0 spiro atoms. The molecule has 0 atom stereocenters. The van der Waals surface area contributed by atoms with E-state index in [0.717, 1.165) is 17.9 Å². The Morgan fingerprint density at radius 2 is 0.235 bits per heavy atom. The van der Waals surface area contributed by atoms with Crippen LogP contribution in [0.5, 0.6) is 0 Å². The molecule has 0 bridgehead atoms. The van der Waals surface area contributed by atoms with Gasteiger partial charge < -0.3 is 50.0 Å². The van der Waals surface area contributed by atoms with Crippen LogP contribution in [0.2, 0.25) is 0 Å². The van der Waals surface area contributed by atoms with Gasteiger partial charge in [0.25, 0.3) is 0 Å². The van der Waals surface area contributed by atoms with Crippen LogP contribution in [0.25, 0.3) is 0 Å². The second-order valence-corrected chi connectivity index (χ2v) is 30.7. The Kier molecular flexibility index (Phi) is 87.0. The number of halogens is 1. The second-order valence-electron chi connectivity index (χ2n) is 30.7. The van der Waals surface area contributed by atoms with Gasteiger partial charge >= 0.3 is 0 Å². The number of quaternary nitrogens is 4. The molecule has 85 heavy (non-hydrogen) atoms. The highest BCUT2D eigenvalue weighted by molar-refractivity contribution is 6.24. The molecule has 0 rings (SSSR count). The maximum Gasteiger partial charge on any atom is 0.0780 e. The topological polar surface area (TPSA) is 69.2 Å². The predicted octanol–water partition coefficient (Wildman–Crippen LogP) is 17.8. The summed E-state index contributed by atoms with van der Waals surface area (Å²) >= 11 is 0. The Morgan fingerprint density at radius 1 is 0.165 bits per heavy atom. The molecule has 0 N–H and O–H groups in total. The Bertz CT molecular complexity index is 967. The van der Waals surface area contributed by atoms with Crippen LogP contribution >= 0.6 is 0 Å². The van der Waals surface area contributed by atoms with Crippen LogP contribution in [0.3, 0.4) is 0 Å². The zero-order chi connectivity index (χ0) is 64.0. The molecule has 0 aliphatic heterocycles. The molecule has 7 nitrogen and oxygen atoms in total. The summed E-state index contributed by atoms with van der Waals surface area (Å²) in [6, 6.07) is 0. The standard InChI is InChI=1S/4C19H42N.BO3.BrH/c4*1-5-6-7-8-9-10-11-12-13-14-15-16-17-18-19-20(2,3)4;2-1(3)4;/h4*5-19H2,1-4H3;;1H/q4*+1;-3;/p-1. The highest BCUT2D eigenvalue weighted by atomic mass is 79.9. The molecule has 0 aromatic heterocycles. The maximum absolute atomic E-state index is 8.42. The minimum Gasteiger partial charge on any atom is -1.00 e.